The Bertz CT molecular complexity index is 544. The van der Waals surface area contributed by atoms with Gasteiger partial charge in [-0.3, -0.25) is 0 Å². The Morgan fingerprint density at radius 2 is 1.76 bits per heavy atom. The van der Waals surface area contributed by atoms with Crippen molar-refractivity contribution in [2.75, 3.05) is 24.7 Å². The Morgan fingerprint density at radius 1 is 1.06 bits per heavy atom. The van der Waals surface area contributed by atoms with Gasteiger partial charge in [0.05, 0.1) is 0 Å². The maximum atomic E-state index is 5.64. The molecule has 0 unspecified atom stereocenters. The van der Waals surface area contributed by atoms with Crippen LogP contribution in [0.2, 0.25) is 0 Å². The zero-order valence-electron chi connectivity index (χ0n) is 10.2. The lowest BCUT2D eigenvalue weighted by molar-refractivity contribution is 0.760. The fourth-order valence-electron chi connectivity index (χ4n) is 1.37. The summed E-state index contributed by atoms with van der Waals surface area (Å²) in [6.45, 7) is 3.64. The number of hydrogen-bond donors (Lipinski definition) is 1. The highest BCUT2D eigenvalue weighted by atomic mass is 15.4. The van der Waals surface area contributed by atoms with Crippen LogP contribution in [0.3, 0.4) is 0 Å². The smallest absolute Gasteiger partial charge is 0.258 e. The SMILES string of the molecule is Cc1nc(C)n(-c2nc(N)nc(N(C)C)n2)n1. The zero-order valence-corrected chi connectivity index (χ0v) is 10.2. The average molecular weight is 234 g/mol. The molecule has 0 radical (unpaired) electrons. The Labute approximate surface area is 98.5 Å². The lowest BCUT2D eigenvalue weighted by Gasteiger charge is -2.11. The van der Waals surface area contributed by atoms with Gasteiger partial charge in [0, 0.05) is 14.1 Å². The van der Waals surface area contributed by atoms with E-state index >= 15 is 0 Å². The number of nitrogens with two attached hydrogens (primary N) is 1. The van der Waals surface area contributed by atoms with Gasteiger partial charge in [-0.1, -0.05) is 0 Å². The Balaban J connectivity index is 2.55. The van der Waals surface area contributed by atoms with Crippen molar-refractivity contribution < 1.29 is 0 Å². The molecule has 0 fully saturated rings. The molecular weight excluding hydrogens is 220 g/mol. The second kappa shape index (κ2) is 3.96. The monoisotopic (exact) mass is 234 g/mol. The van der Waals surface area contributed by atoms with Crippen LogP contribution < -0.4 is 10.6 Å². The van der Waals surface area contributed by atoms with E-state index in [-0.39, 0.29) is 5.95 Å². The summed E-state index contributed by atoms with van der Waals surface area (Å²) in [5, 5.41) is 4.20. The van der Waals surface area contributed by atoms with Gasteiger partial charge < -0.3 is 10.6 Å². The molecule has 0 saturated heterocycles. The number of nitrogens with zero attached hydrogens (tertiary/aromatic N) is 7. The number of nitrogen functional groups attached to an aromatic ring is 1. The molecule has 0 spiro atoms. The number of anilines is 2. The predicted octanol–water partition coefficient (Wildman–Crippen LogP) is -0.283. The Morgan fingerprint density at radius 3 is 2.29 bits per heavy atom. The van der Waals surface area contributed by atoms with E-state index in [1.54, 1.807) is 16.5 Å². The second-order valence-corrected chi connectivity index (χ2v) is 3.81. The fraction of sp³-hybridized carbons (Fsp3) is 0.444. The van der Waals surface area contributed by atoms with E-state index < -0.39 is 0 Å². The average Bonchev–Trinajstić information content (AvgIpc) is 2.57. The number of rotatable bonds is 2. The van der Waals surface area contributed by atoms with Crippen LogP contribution in [0.5, 0.6) is 0 Å². The molecule has 17 heavy (non-hydrogen) atoms. The summed E-state index contributed by atoms with van der Waals surface area (Å²) in [5.74, 6) is 2.39. The van der Waals surface area contributed by atoms with Crippen LogP contribution in [0, 0.1) is 13.8 Å². The van der Waals surface area contributed by atoms with E-state index in [2.05, 4.69) is 25.0 Å². The quantitative estimate of drug-likeness (QED) is 0.762. The van der Waals surface area contributed by atoms with Gasteiger partial charge in [-0.2, -0.15) is 19.6 Å². The van der Waals surface area contributed by atoms with Crippen LogP contribution in [0.4, 0.5) is 11.9 Å². The van der Waals surface area contributed by atoms with Crippen LogP contribution in [0.15, 0.2) is 0 Å². The van der Waals surface area contributed by atoms with E-state index in [1.807, 2.05) is 21.0 Å². The van der Waals surface area contributed by atoms with Gasteiger partial charge in [0.25, 0.3) is 5.95 Å². The van der Waals surface area contributed by atoms with Crippen LogP contribution >= 0.6 is 0 Å². The summed E-state index contributed by atoms with van der Waals surface area (Å²) < 4.78 is 1.54. The van der Waals surface area contributed by atoms with E-state index in [9.17, 15) is 0 Å². The summed E-state index contributed by atoms with van der Waals surface area (Å²) in [6.07, 6.45) is 0. The normalized spacial score (nSPS) is 10.6. The molecule has 2 rings (SSSR count). The van der Waals surface area contributed by atoms with Crippen LogP contribution in [0.1, 0.15) is 11.6 Å². The summed E-state index contributed by atoms with van der Waals surface area (Å²) >= 11 is 0. The van der Waals surface area contributed by atoms with E-state index in [0.29, 0.717) is 23.5 Å². The Kier molecular flexibility index (Phi) is 2.62. The van der Waals surface area contributed by atoms with Crippen molar-refractivity contribution in [2.45, 2.75) is 13.8 Å². The van der Waals surface area contributed by atoms with Gasteiger partial charge in [-0.15, -0.1) is 5.10 Å². The van der Waals surface area contributed by atoms with Gasteiger partial charge in [-0.25, -0.2) is 4.98 Å². The summed E-state index contributed by atoms with van der Waals surface area (Å²) in [7, 11) is 3.66. The number of hydrogen-bond acceptors (Lipinski definition) is 7. The van der Waals surface area contributed by atoms with Crippen LogP contribution in [-0.2, 0) is 0 Å². The first kappa shape index (κ1) is 11.2. The van der Waals surface area contributed by atoms with Crippen molar-refractivity contribution in [3.63, 3.8) is 0 Å². The molecule has 0 saturated carbocycles. The molecule has 0 atom stereocenters. The van der Waals surface area contributed by atoms with Gasteiger partial charge >= 0.3 is 0 Å². The molecule has 0 aliphatic carbocycles. The van der Waals surface area contributed by atoms with Crippen molar-refractivity contribution in [1.82, 2.24) is 29.7 Å². The van der Waals surface area contributed by atoms with Crippen LogP contribution in [-0.4, -0.2) is 43.8 Å². The molecule has 0 aliphatic heterocycles. The highest BCUT2D eigenvalue weighted by Crippen LogP contribution is 2.10. The first-order chi connectivity index (χ1) is 7.97. The highest BCUT2D eigenvalue weighted by molar-refractivity contribution is 5.36. The minimum absolute atomic E-state index is 0.159. The molecule has 2 aromatic heterocycles. The minimum atomic E-state index is 0.159. The van der Waals surface area contributed by atoms with Gasteiger partial charge in [-0.05, 0) is 13.8 Å². The molecular formula is C9H14N8. The molecule has 0 aliphatic rings. The second-order valence-electron chi connectivity index (χ2n) is 3.81. The van der Waals surface area contributed by atoms with Crippen molar-refractivity contribution in [2.24, 2.45) is 0 Å². The highest BCUT2D eigenvalue weighted by Gasteiger charge is 2.11. The molecule has 90 valence electrons. The zero-order chi connectivity index (χ0) is 12.6. The lowest BCUT2D eigenvalue weighted by Crippen LogP contribution is -2.17. The molecule has 8 nitrogen and oxygen atoms in total. The summed E-state index contributed by atoms with van der Waals surface area (Å²) in [4.78, 5) is 18.3. The van der Waals surface area contributed by atoms with Crippen molar-refractivity contribution in [3.05, 3.63) is 11.6 Å². The van der Waals surface area contributed by atoms with E-state index in [0.717, 1.165) is 0 Å². The molecule has 0 amide bonds. The molecule has 8 heteroatoms. The minimum Gasteiger partial charge on any atom is -0.368 e. The third-order valence-corrected chi connectivity index (χ3v) is 2.09. The standard InChI is InChI=1S/C9H14N8/c1-5-11-6(2)17(15-5)9-13-7(10)12-8(14-9)16(3)4/h1-4H3,(H2,10,12,13,14). The first-order valence-corrected chi connectivity index (χ1v) is 5.07. The largest absolute Gasteiger partial charge is 0.368 e. The van der Waals surface area contributed by atoms with Gasteiger partial charge in [0.15, 0.2) is 0 Å². The molecule has 0 bridgehead atoms. The molecule has 2 heterocycles. The maximum Gasteiger partial charge on any atom is 0.258 e. The summed E-state index contributed by atoms with van der Waals surface area (Å²) in [6, 6.07) is 0. The first-order valence-electron chi connectivity index (χ1n) is 5.07. The maximum absolute atomic E-state index is 5.64. The predicted molar refractivity (Wildman–Crippen MR) is 63.0 cm³/mol. The topological polar surface area (TPSA) is 98.6 Å². The van der Waals surface area contributed by atoms with E-state index in [4.69, 9.17) is 5.73 Å². The molecule has 0 aromatic carbocycles. The van der Waals surface area contributed by atoms with Gasteiger partial charge in [0.1, 0.15) is 11.6 Å². The van der Waals surface area contributed by atoms with E-state index in [1.165, 1.54) is 0 Å². The Hall–Kier alpha value is -2.25. The fourth-order valence-corrected chi connectivity index (χ4v) is 1.37. The number of aryl methyl sites for hydroxylation is 2. The van der Waals surface area contributed by atoms with Crippen molar-refractivity contribution in [3.8, 4) is 5.95 Å². The van der Waals surface area contributed by atoms with Crippen LogP contribution in [0.25, 0.3) is 5.95 Å². The third-order valence-electron chi connectivity index (χ3n) is 2.09. The van der Waals surface area contributed by atoms with Gasteiger partial charge in [0.2, 0.25) is 11.9 Å². The third kappa shape index (κ3) is 2.14. The molecule has 2 aromatic rings. The number of aromatic nitrogens is 6. The van der Waals surface area contributed by atoms with Crippen molar-refractivity contribution in [1.29, 1.82) is 0 Å². The lowest BCUT2D eigenvalue weighted by atomic mass is 10.7. The molecule has 2 N–H and O–H groups in total. The van der Waals surface area contributed by atoms with Crippen molar-refractivity contribution >= 4 is 11.9 Å². The summed E-state index contributed by atoms with van der Waals surface area (Å²) in [5.41, 5.74) is 5.64.